The van der Waals surface area contributed by atoms with Crippen molar-refractivity contribution >= 4 is 11.8 Å². The van der Waals surface area contributed by atoms with Gasteiger partial charge in [-0.25, -0.2) is 0 Å². The van der Waals surface area contributed by atoms with Gasteiger partial charge in [-0.05, 0) is 6.42 Å². The Bertz CT molecular complexity index is 109. The molecule has 1 unspecified atom stereocenters. The van der Waals surface area contributed by atoms with Crippen molar-refractivity contribution in [3.05, 3.63) is 11.0 Å². The minimum Gasteiger partial charge on any atom is -0.391 e. The van der Waals surface area contributed by atoms with Crippen LogP contribution in [0.1, 0.15) is 13.3 Å². The molecule has 0 aromatic carbocycles. The lowest BCUT2D eigenvalue weighted by atomic mass is 10.3. The van der Waals surface area contributed by atoms with E-state index >= 15 is 0 Å². The largest absolute Gasteiger partial charge is 0.391 e. The fourth-order valence-corrected chi connectivity index (χ4v) is 1.73. The van der Waals surface area contributed by atoms with E-state index in [-0.39, 0.29) is 6.61 Å². The Labute approximate surface area is 53.8 Å². The topological polar surface area (TPSA) is 20.2 Å². The molecule has 0 saturated heterocycles. The van der Waals surface area contributed by atoms with Gasteiger partial charge in [-0.3, -0.25) is 0 Å². The molecule has 1 nitrogen and oxygen atoms in total. The summed E-state index contributed by atoms with van der Waals surface area (Å²) < 4.78 is 0. The molecule has 46 valence electrons. The maximum atomic E-state index is 8.59. The van der Waals surface area contributed by atoms with E-state index < -0.39 is 0 Å². The van der Waals surface area contributed by atoms with Crippen molar-refractivity contribution in [2.75, 3.05) is 6.61 Å². The number of rotatable bonds is 1. The van der Waals surface area contributed by atoms with Gasteiger partial charge in [0, 0.05) is 10.2 Å². The van der Waals surface area contributed by atoms with Crippen LogP contribution in [0.3, 0.4) is 0 Å². The van der Waals surface area contributed by atoms with Gasteiger partial charge in [0.05, 0.1) is 6.61 Å². The quantitative estimate of drug-likeness (QED) is 0.578. The lowest BCUT2D eigenvalue weighted by molar-refractivity contribution is 0.339. The monoisotopic (exact) mass is 130 g/mol. The molecule has 0 amide bonds. The number of hydrogen-bond donors (Lipinski definition) is 1. The summed E-state index contributed by atoms with van der Waals surface area (Å²) in [4.78, 5) is 1.14. The summed E-state index contributed by atoms with van der Waals surface area (Å²) in [6.07, 6.45) is 3.23. The summed E-state index contributed by atoms with van der Waals surface area (Å²) in [5.41, 5.74) is 0. The van der Waals surface area contributed by atoms with Gasteiger partial charge in [0.15, 0.2) is 0 Å². The predicted molar refractivity (Wildman–Crippen MR) is 36.8 cm³/mol. The molecule has 1 aliphatic rings. The normalized spacial score (nSPS) is 28.2. The molecule has 1 heterocycles. The number of thioether (sulfide) groups is 1. The van der Waals surface area contributed by atoms with Crippen LogP contribution in [0.2, 0.25) is 0 Å². The van der Waals surface area contributed by atoms with Crippen molar-refractivity contribution in [1.82, 2.24) is 0 Å². The van der Waals surface area contributed by atoms with E-state index in [1.54, 1.807) is 11.8 Å². The Hall–Kier alpha value is 0.0500. The highest BCUT2D eigenvalue weighted by atomic mass is 32.2. The van der Waals surface area contributed by atoms with Crippen LogP contribution >= 0.6 is 11.8 Å². The van der Waals surface area contributed by atoms with Gasteiger partial charge in [0.25, 0.3) is 0 Å². The van der Waals surface area contributed by atoms with E-state index in [1.807, 2.05) is 0 Å². The van der Waals surface area contributed by atoms with E-state index in [2.05, 4.69) is 13.0 Å². The minimum atomic E-state index is 0.231. The minimum absolute atomic E-state index is 0.231. The second-order valence-electron chi connectivity index (χ2n) is 1.99. The molecule has 1 N–H and O–H groups in total. The van der Waals surface area contributed by atoms with Crippen LogP contribution in [0.5, 0.6) is 0 Å². The molecule has 0 aromatic heterocycles. The number of hydrogen-bond acceptors (Lipinski definition) is 2. The van der Waals surface area contributed by atoms with Crippen LogP contribution in [0.15, 0.2) is 11.0 Å². The van der Waals surface area contributed by atoms with E-state index in [0.29, 0.717) is 5.25 Å². The van der Waals surface area contributed by atoms with E-state index in [0.717, 1.165) is 11.3 Å². The molecule has 0 saturated carbocycles. The summed E-state index contributed by atoms with van der Waals surface area (Å²) in [5.74, 6) is 0. The smallest absolute Gasteiger partial charge is 0.0737 e. The van der Waals surface area contributed by atoms with Gasteiger partial charge < -0.3 is 5.11 Å². The third-order valence-electron chi connectivity index (χ3n) is 1.19. The first-order chi connectivity index (χ1) is 3.83. The fraction of sp³-hybridized carbons (Fsp3) is 0.667. The first kappa shape index (κ1) is 6.17. The van der Waals surface area contributed by atoms with E-state index in [1.165, 1.54) is 0 Å². The maximum Gasteiger partial charge on any atom is 0.0737 e. The Morgan fingerprint density at radius 3 is 3.00 bits per heavy atom. The van der Waals surface area contributed by atoms with Crippen molar-refractivity contribution in [3.8, 4) is 0 Å². The van der Waals surface area contributed by atoms with Gasteiger partial charge >= 0.3 is 0 Å². The molecule has 0 radical (unpaired) electrons. The standard InChI is InChI=1S/C6H10OS/c1-5-2-3-6(4-7)8-5/h3,5,7H,2,4H2,1H3. The molecule has 8 heavy (non-hydrogen) atoms. The zero-order chi connectivity index (χ0) is 5.98. The molecule has 0 aliphatic carbocycles. The predicted octanol–water partition coefficient (Wildman–Crippen LogP) is 1.39. The first-order valence-electron chi connectivity index (χ1n) is 2.79. The zero-order valence-corrected chi connectivity index (χ0v) is 5.74. The summed E-state index contributed by atoms with van der Waals surface area (Å²) in [5, 5.41) is 9.29. The van der Waals surface area contributed by atoms with Crippen LogP contribution in [-0.2, 0) is 0 Å². The molecular formula is C6H10OS. The molecule has 0 fully saturated rings. The molecular weight excluding hydrogens is 120 g/mol. The third kappa shape index (κ3) is 1.26. The molecule has 2 heteroatoms. The van der Waals surface area contributed by atoms with Crippen molar-refractivity contribution in [3.63, 3.8) is 0 Å². The lowest BCUT2D eigenvalue weighted by Gasteiger charge is -1.97. The second kappa shape index (κ2) is 2.55. The fourth-order valence-electron chi connectivity index (χ4n) is 0.754. The van der Waals surface area contributed by atoms with Gasteiger partial charge in [0.2, 0.25) is 0 Å². The lowest BCUT2D eigenvalue weighted by Crippen LogP contribution is -1.86. The highest BCUT2D eigenvalue weighted by molar-refractivity contribution is 8.03. The molecule has 1 rings (SSSR count). The highest BCUT2D eigenvalue weighted by Crippen LogP contribution is 2.30. The van der Waals surface area contributed by atoms with Crippen LogP contribution in [-0.4, -0.2) is 17.0 Å². The zero-order valence-electron chi connectivity index (χ0n) is 4.92. The van der Waals surface area contributed by atoms with Crippen molar-refractivity contribution in [2.45, 2.75) is 18.6 Å². The Morgan fingerprint density at radius 1 is 2.00 bits per heavy atom. The van der Waals surface area contributed by atoms with Gasteiger partial charge in [-0.2, -0.15) is 0 Å². The van der Waals surface area contributed by atoms with E-state index in [9.17, 15) is 0 Å². The Kier molecular flexibility index (Phi) is 1.97. The average Bonchev–Trinajstić information content (AvgIpc) is 2.14. The molecule has 0 bridgehead atoms. The Morgan fingerprint density at radius 2 is 2.75 bits per heavy atom. The van der Waals surface area contributed by atoms with Gasteiger partial charge in [-0.15, -0.1) is 11.8 Å². The van der Waals surface area contributed by atoms with Crippen LogP contribution in [0.4, 0.5) is 0 Å². The second-order valence-corrected chi connectivity index (χ2v) is 3.56. The first-order valence-corrected chi connectivity index (χ1v) is 3.67. The van der Waals surface area contributed by atoms with Crippen molar-refractivity contribution in [2.24, 2.45) is 0 Å². The number of allylic oxidation sites excluding steroid dienone is 1. The summed E-state index contributed by atoms with van der Waals surface area (Å²) in [7, 11) is 0. The molecule has 1 atom stereocenters. The van der Waals surface area contributed by atoms with Crippen molar-refractivity contribution < 1.29 is 5.11 Å². The van der Waals surface area contributed by atoms with Gasteiger partial charge in [-0.1, -0.05) is 13.0 Å². The number of aliphatic hydroxyl groups excluding tert-OH is 1. The summed E-state index contributed by atoms with van der Waals surface area (Å²) >= 11 is 1.78. The molecule has 0 spiro atoms. The highest BCUT2D eigenvalue weighted by Gasteiger charge is 2.10. The molecule has 0 aromatic rings. The van der Waals surface area contributed by atoms with E-state index in [4.69, 9.17) is 5.11 Å². The number of aliphatic hydroxyl groups is 1. The van der Waals surface area contributed by atoms with Crippen LogP contribution in [0, 0.1) is 0 Å². The Balaban J connectivity index is 2.37. The summed E-state index contributed by atoms with van der Waals surface area (Å²) in [6, 6.07) is 0. The molecule has 1 aliphatic heterocycles. The van der Waals surface area contributed by atoms with Crippen LogP contribution in [0.25, 0.3) is 0 Å². The maximum absolute atomic E-state index is 8.59. The third-order valence-corrected chi connectivity index (χ3v) is 2.38. The SMILES string of the molecule is CC1CC=C(CO)S1. The summed E-state index contributed by atoms with van der Waals surface area (Å²) in [6.45, 7) is 2.40. The van der Waals surface area contributed by atoms with Crippen molar-refractivity contribution in [1.29, 1.82) is 0 Å². The van der Waals surface area contributed by atoms with Gasteiger partial charge in [0.1, 0.15) is 0 Å². The average molecular weight is 130 g/mol. The van der Waals surface area contributed by atoms with Crippen LogP contribution < -0.4 is 0 Å².